The van der Waals surface area contributed by atoms with Crippen LogP contribution in [0.5, 0.6) is 0 Å². The number of ether oxygens (including phenoxy) is 1. The maximum Gasteiger partial charge on any atom is 0.328 e. The lowest BCUT2D eigenvalue weighted by molar-refractivity contribution is -0.131. The normalized spacial score (nSPS) is 14.9. The molecule has 1 unspecified atom stereocenters. The van der Waals surface area contributed by atoms with Crippen LogP contribution in [0, 0.1) is 5.92 Å². The van der Waals surface area contributed by atoms with Crippen molar-refractivity contribution in [3.8, 4) is 0 Å². The third-order valence-corrected chi connectivity index (χ3v) is 3.30. The Balaban J connectivity index is 3.91. The molecule has 3 nitrogen and oxygen atoms in total. The van der Waals surface area contributed by atoms with Gasteiger partial charge in [-0.3, -0.25) is 0 Å². The molecule has 0 aliphatic carbocycles. The minimum atomic E-state index is -0.892. The summed E-state index contributed by atoms with van der Waals surface area (Å²) in [7, 11) is 1.75. The molecule has 0 fully saturated rings. The summed E-state index contributed by atoms with van der Waals surface area (Å²) < 4.78 is 5.39. The second kappa shape index (κ2) is 8.92. The van der Waals surface area contributed by atoms with Gasteiger partial charge < -0.3 is 9.84 Å². The maximum atomic E-state index is 10.4. The standard InChI is InChI=1S/C16H28O3/c1-13(10-7-11-16(3,4)19-5)8-6-9-14(2)12-15(17)18/h6,9,12-13H,7-8,10-11H2,1-5H3,(H,17,18)/b9-6?,14-12+. The Bertz CT molecular complexity index is 327. The molecule has 0 bridgehead atoms. The molecular weight excluding hydrogens is 240 g/mol. The molecule has 0 saturated heterocycles. The lowest BCUT2D eigenvalue weighted by Gasteiger charge is -2.23. The first-order chi connectivity index (χ1) is 8.76. The van der Waals surface area contributed by atoms with Crippen LogP contribution >= 0.6 is 0 Å². The van der Waals surface area contributed by atoms with Crippen molar-refractivity contribution in [2.45, 2.75) is 59.0 Å². The van der Waals surface area contributed by atoms with Crippen molar-refractivity contribution in [1.29, 1.82) is 0 Å². The van der Waals surface area contributed by atoms with E-state index in [1.807, 2.05) is 6.08 Å². The summed E-state index contributed by atoms with van der Waals surface area (Å²) in [5.41, 5.74) is 0.747. The van der Waals surface area contributed by atoms with E-state index < -0.39 is 5.97 Å². The third kappa shape index (κ3) is 10.5. The number of methoxy groups -OCH3 is 1. The number of hydrogen-bond acceptors (Lipinski definition) is 2. The Labute approximate surface area is 117 Å². The van der Waals surface area contributed by atoms with Gasteiger partial charge in [0.15, 0.2) is 0 Å². The third-order valence-electron chi connectivity index (χ3n) is 3.30. The molecule has 3 heteroatoms. The molecule has 110 valence electrons. The van der Waals surface area contributed by atoms with Gasteiger partial charge in [0.25, 0.3) is 0 Å². The highest BCUT2D eigenvalue weighted by Crippen LogP contribution is 2.20. The van der Waals surface area contributed by atoms with Crippen molar-refractivity contribution < 1.29 is 14.6 Å². The fraction of sp³-hybridized carbons (Fsp3) is 0.688. The Morgan fingerprint density at radius 1 is 1.42 bits per heavy atom. The minimum Gasteiger partial charge on any atom is -0.478 e. The first-order valence-electron chi connectivity index (χ1n) is 6.90. The van der Waals surface area contributed by atoms with E-state index in [1.165, 1.54) is 12.5 Å². The Morgan fingerprint density at radius 3 is 2.58 bits per heavy atom. The van der Waals surface area contributed by atoms with Crippen LogP contribution in [0.2, 0.25) is 0 Å². The van der Waals surface area contributed by atoms with Crippen LogP contribution in [0.25, 0.3) is 0 Å². The number of aliphatic carboxylic acids is 1. The second-order valence-corrected chi connectivity index (χ2v) is 5.83. The average molecular weight is 268 g/mol. The molecule has 0 heterocycles. The first kappa shape index (κ1) is 17.9. The van der Waals surface area contributed by atoms with Crippen LogP contribution in [-0.4, -0.2) is 23.8 Å². The summed E-state index contributed by atoms with van der Waals surface area (Å²) in [6.45, 7) is 8.24. The minimum absolute atomic E-state index is 0.0314. The molecule has 0 amide bonds. The zero-order valence-electron chi connectivity index (χ0n) is 12.9. The highest BCUT2D eigenvalue weighted by atomic mass is 16.5. The maximum absolute atomic E-state index is 10.4. The molecule has 19 heavy (non-hydrogen) atoms. The van der Waals surface area contributed by atoms with Gasteiger partial charge in [-0.1, -0.05) is 31.9 Å². The van der Waals surface area contributed by atoms with Crippen LogP contribution in [0.15, 0.2) is 23.8 Å². The van der Waals surface area contributed by atoms with Crippen molar-refractivity contribution in [1.82, 2.24) is 0 Å². The molecule has 0 rings (SSSR count). The fourth-order valence-corrected chi connectivity index (χ4v) is 1.83. The van der Waals surface area contributed by atoms with Gasteiger partial charge in [0.05, 0.1) is 5.60 Å². The van der Waals surface area contributed by atoms with Gasteiger partial charge >= 0.3 is 5.97 Å². The molecule has 0 aromatic carbocycles. The molecule has 0 aliphatic heterocycles. The van der Waals surface area contributed by atoms with E-state index in [1.54, 1.807) is 14.0 Å². The highest BCUT2D eigenvalue weighted by Gasteiger charge is 2.15. The van der Waals surface area contributed by atoms with Gasteiger partial charge in [-0.05, 0) is 45.1 Å². The summed E-state index contributed by atoms with van der Waals surface area (Å²) in [5.74, 6) is -0.279. The molecule has 0 aromatic rings. The Kier molecular flexibility index (Phi) is 8.41. The number of rotatable bonds is 9. The molecule has 1 atom stereocenters. The lowest BCUT2D eigenvalue weighted by atomic mass is 9.95. The largest absolute Gasteiger partial charge is 0.478 e. The smallest absolute Gasteiger partial charge is 0.328 e. The first-order valence-corrected chi connectivity index (χ1v) is 6.90. The average Bonchev–Trinajstić information content (AvgIpc) is 2.27. The number of carboxylic acid groups (broad SMARTS) is 1. The monoisotopic (exact) mass is 268 g/mol. The molecule has 0 aliphatic rings. The topological polar surface area (TPSA) is 46.5 Å². The van der Waals surface area contributed by atoms with Gasteiger partial charge in [0, 0.05) is 13.2 Å². The molecule has 1 N–H and O–H groups in total. The van der Waals surface area contributed by atoms with Crippen molar-refractivity contribution in [2.75, 3.05) is 7.11 Å². The molecule has 0 aromatic heterocycles. The summed E-state index contributed by atoms with van der Waals surface area (Å²) in [4.78, 5) is 10.4. The van der Waals surface area contributed by atoms with Gasteiger partial charge in [-0.15, -0.1) is 0 Å². The SMILES string of the molecule is COC(C)(C)CCCC(C)CC=C/C(C)=C/C(=O)O. The van der Waals surface area contributed by atoms with Crippen molar-refractivity contribution in [2.24, 2.45) is 5.92 Å². The van der Waals surface area contributed by atoms with Gasteiger partial charge in [0.1, 0.15) is 0 Å². The highest BCUT2D eigenvalue weighted by molar-refractivity contribution is 5.81. The van der Waals surface area contributed by atoms with E-state index in [2.05, 4.69) is 26.8 Å². The fourth-order valence-electron chi connectivity index (χ4n) is 1.83. The van der Waals surface area contributed by atoms with Gasteiger partial charge in [0.2, 0.25) is 0 Å². The summed E-state index contributed by atoms with van der Waals surface area (Å²) in [6.07, 6.45) is 9.53. The van der Waals surface area contributed by atoms with Crippen LogP contribution in [0.3, 0.4) is 0 Å². The van der Waals surface area contributed by atoms with E-state index in [0.717, 1.165) is 24.8 Å². The van der Waals surface area contributed by atoms with Crippen molar-refractivity contribution in [3.63, 3.8) is 0 Å². The van der Waals surface area contributed by atoms with Crippen molar-refractivity contribution >= 4 is 5.97 Å². The predicted octanol–water partition coefficient (Wildman–Crippen LogP) is 4.20. The van der Waals surface area contributed by atoms with Crippen molar-refractivity contribution in [3.05, 3.63) is 23.8 Å². The van der Waals surface area contributed by atoms with Crippen LogP contribution < -0.4 is 0 Å². The number of hydrogen-bond donors (Lipinski definition) is 1. The zero-order valence-corrected chi connectivity index (χ0v) is 12.9. The van der Waals surface area contributed by atoms with E-state index in [0.29, 0.717) is 5.92 Å². The summed E-state index contributed by atoms with van der Waals surface area (Å²) >= 11 is 0. The summed E-state index contributed by atoms with van der Waals surface area (Å²) in [6, 6.07) is 0. The van der Waals surface area contributed by atoms with Crippen LogP contribution in [-0.2, 0) is 9.53 Å². The van der Waals surface area contributed by atoms with Crippen LogP contribution in [0.1, 0.15) is 53.4 Å². The second-order valence-electron chi connectivity index (χ2n) is 5.83. The van der Waals surface area contributed by atoms with E-state index in [4.69, 9.17) is 9.84 Å². The zero-order chi connectivity index (χ0) is 14.9. The van der Waals surface area contributed by atoms with E-state index in [-0.39, 0.29) is 5.60 Å². The number of carboxylic acids is 1. The summed E-state index contributed by atoms with van der Waals surface area (Å²) in [5, 5.41) is 8.59. The van der Waals surface area contributed by atoms with E-state index in [9.17, 15) is 4.79 Å². The molecular formula is C16H28O3. The Morgan fingerprint density at radius 2 is 2.05 bits per heavy atom. The van der Waals surface area contributed by atoms with E-state index >= 15 is 0 Å². The predicted molar refractivity (Wildman–Crippen MR) is 79.3 cm³/mol. The van der Waals surface area contributed by atoms with Gasteiger partial charge in [-0.2, -0.15) is 0 Å². The quantitative estimate of drug-likeness (QED) is 0.503. The molecule has 0 spiro atoms. The lowest BCUT2D eigenvalue weighted by Crippen LogP contribution is -2.22. The number of carbonyl (C=O) groups is 1. The van der Waals surface area contributed by atoms with Gasteiger partial charge in [-0.25, -0.2) is 4.79 Å². The number of allylic oxidation sites excluding steroid dienone is 3. The molecule has 0 radical (unpaired) electrons. The molecule has 0 saturated carbocycles. The Hall–Kier alpha value is -1.09. The van der Waals surface area contributed by atoms with Crippen LogP contribution in [0.4, 0.5) is 0 Å².